The molecule has 5 fully saturated rings. The van der Waals surface area contributed by atoms with Crippen LogP contribution in [0.4, 0.5) is 4.39 Å². The summed E-state index contributed by atoms with van der Waals surface area (Å²) in [5.41, 5.74) is -0.218. The molecule has 4 aliphatic carbocycles. The number of halogens is 1. The van der Waals surface area contributed by atoms with E-state index in [9.17, 15) is 17.6 Å². The molecule has 4 bridgehead atoms. The van der Waals surface area contributed by atoms with E-state index in [0.717, 1.165) is 38.5 Å². The Labute approximate surface area is 178 Å². The smallest absolute Gasteiger partial charge is 0.243 e. The van der Waals surface area contributed by atoms with Crippen molar-refractivity contribution in [2.24, 2.45) is 23.2 Å². The average Bonchev–Trinajstić information content (AvgIpc) is 2.71. The maximum absolute atomic E-state index is 13.3. The third-order valence-electron chi connectivity index (χ3n) is 8.01. The minimum absolute atomic E-state index is 0.114. The Bertz CT molecular complexity index is 880. The van der Waals surface area contributed by atoms with E-state index in [-0.39, 0.29) is 22.3 Å². The molecule has 1 N–H and O–H groups in total. The fourth-order valence-electron chi connectivity index (χ4n) is 7.02. The molecule has 5 aliphatic rings. The van der Waals surface area contributed by atoms with Gasteiger partial charge in [0.25, 0.3) is 0 Å². The Morgan fingerprint density at radius 2 is 1.63 bits per heavy atom. The number of hydrogen-bond acceptors (Lipinski definition) is 3. The predicted octanol–water partition coefficient (Wildman–Crippen LogP) is 3.70. The van der Waals surface area contributed by atoms with E-state index in [1.807, 2.05) is 0 Å². The zero-order chi connectivity index (χ0) is 20.9. The van der Waals surface area contributed by atoms with Crippen molar-refractivity contribution in [2.75, 3.05) is 13.1 Å². The highest BCUT2D eigenvalue weighted by Gasteiger charge is 2.54. The monoisotopic (exact) mass is 434 g/mol. The fourth-order valence-corrected chi connectivity index (χ4v) is 8.72. The largest absolute Gasteiger partial charge is 0.354 e. The number of hydrogen-bond donors (Lipinski definition) is 1. The normalized spacial score (nSPS) is 36.0. The highest BCUT2D eigenvalue weighted by atomic mass is 32.2. The molecule has 0 radical (unpaired) electrons. The van der Waals surface area contributed by atoms with Crippen LogP contribution >= 0.6 is 0 Å². The molecule has 0 aromatic heterocycles. The van der Waals surface area contributed by atoms with Crippen LogP contribution in [-0.4, -0.2) is 37.8 Å². The standard InChI is InChI=1S/C23H31FN2O3S/c24-19-4-6-21(7-5-19)30(28,29)26-8-2-1-3-20(26)15-25-22(27)23-12-16-9-17(13-23)11-18(10-16)14-23/h4-7,16-18,20H,1-3,8-15H2,(H,25,27). The number of benzene rings is 1. The second-order valence-corrected chi connectivity index (χ2v) is 12.0. The SMILES string of the molecule is O=C(NCC1CCCCN1S(=O)(=O)c1ccc(F)cc1)C12CC3CC(CC(C3)C1)C2. The minimum atomic E-state index is -3.71. The molecule has 0 spiro atoms. The van der Waals surface area contributed by atoms with Gasteiger partial charge in [0, 0.05) is 24.5 Å². The van der Waals surface area contributed by atoms with E-state index >= 15 is 0 Å². The molecule has 1 aromatic rings. The van der Waals surface area contributed by atoms with Gasteiger partial charge in [-0.1, -0.05) is 6.42 Å². The summed E-state index contributed by atoms with van der Waals surface area (Å²) in [7, 11) is -3.71. The number of nitrogens with one attached hydrogen (secondary N) is 1. The Morgan fingerprint density at radius 1 is 1.03 bits per heavy atom. The van der Waals surface area contributed by atoms with Gasteiger partial charge in [0.1, 0.15) is 5.82 Å². The first-order chi connectivity index (χ1) is 14.4. The predicted molar refractivity (Wildman–Crippen MR) is 112 cm³/mol. The molecule has 1 atom stereocenters. The van der Waals surface area contributed by atoms with Crippen LogP contribution in [0.1, 0.15) is 57.8 Å². The lowest BCUT2D eigenvalue weighted by Gasteiger charge is -2.55. The third kappa shape index (κ3) is 3.58. The lowest BCUT2D eigenvalue weighted by Crippen LogP contribution is -2.56. The number of rotatable bonds is 5. The number of amides is 1. The molecule has 1 amide bonds. The second-order valence-electron chi connectivity index (χ2n) is 10.1. The highest BCUT2D eigenvalue weighted by molar-refractivity contribution is 7.89. The van der Waals surface area contributed by atoms with Gasteiger partial charge in [-0.05, 0) is 93.4 Å². The third-order valence-corrected chi connectivity index (χ3v) is 9.98. The highest BCUT2D eigenvalue weighted by Crippen LogP contribution is 2.60. The van der Waals surface area contributed by atoms with Gasteiger partial charge in [-0.25, -0.2) is 12.8 Å². The average molecular weight is 435 g/mol. The minimum Gasteiger partial charge on any atom is -0.354 e. The van der Waals surface area contributed by atoms with Crippen LogP contribution in [-0.2, 0) is 14.8 Å². The fraction of sp³-hybridized carbons (Fsp3) is 0.696. The molecule has 4 saturated carbocycles. The molecule has 1 unspecified atom stereocenters. The van der Waals surface area contributed by atoms with E-state index in [0.29, 0.717) is 30.8 Å². The lowest BCUT2D eigenvalue weighted by molar-refractivity contribution is -0.146. The number of nitrogens with zero attached hydrogens (tertiary/aromatic N) is 1. The summed E-state index contributed by atoms with van der Waals surface area (Å²) in [6.45, 7) is 0.804. The van der Waals surface area contributed by atoms with Crippen LogP contribution < -0.4 is 5.32 Å². The van der Waals surface area contributed by atoms with Crippen LogP contribution in [0, 0.1) is 29.0 Å². The second kappa shape index (κ2) is 7.59. The molecule has 1 aromatic carbocycles. The number of piperidine rings is 1. The van der Waals surface area contributed by atoms with Gasteiger partial charge in [-0.2, -0.15) is 4.31 Å². The van der Waals surface area contributed by atoms with Gasteiger partial charge in [0.2, 0.25) is 15.9 Å². The van der Waals surface area contributed by atoms with Crippen molar-refractivity contribution in [1.82, 2.24) is 9.62 Å². The van der Waals surface area contributed by atoms with E-state index in [2.05, 4.69) is 5.32 Å². The zero-order valence-corrected chi connectivity index (χ0v) is 18.2. The van der Waals surface area contributed by atoms with Crippen molar-refractivity contribution in [3.05, 3.63) is 30.1 Å². The van der Waals surface area contributed by atoms with Crippen molar-refractivity contribution in [1.29, 1.82) is 0 Å². The van der Waals surface area contributed by atoms with Crippen molar-refractivity contribution in [3.63, 3.8) is 0 Å². The summed E-state index contributed by atoms with van der Waals surface area (Å²) < 4.78 is 41.1. The Morgan fingerprint density at radius 3 is 2.23 bits per heavy atom. The van der Waals surface area contributed by atoms with Gasteiger partial charge >= 0.3 is 0 Å². The molecule has 164 valence electrons. The Kier molecular flexibility index (Phi) is 5.17. The van der Waals surface area contributed by atoms with Crippen LogP contribution in [0.25, 0.3) is 0 Å². The Hall–Kier alpha value is -1.47. The van der Waals surface area contributed by atoms with Gasteiger partial charge in [0.15, 0.2) is 0 Å². The first kappa shape index (κ1) is 20.4. The topological polar surface area (TPSA) is 66.5 Å². The molecule has 5 nitrogen and oxygen atoms in total. The van der Waals surface area contributed by atoms with Crippen LogP contribution in [0.3, 0.4) is 0 Å². The summed E-state index contributed by atoms with van der Waals surface area (Å²) in [5, 5.41) is 3.17. The molecule has 7 heteroatoms. The first-order valence-electron chi connectivity index (χ1n) is 11.4. The molecule has 6 rings (SSSR count). The van der Waals surface area contributed by atoms with Gasteiger partial charge in [-0.3, -0.25) is 4.79 Å². The number of carbonyl (C=O) groups excluding carboxylic acids is 1. The summed E-state index contributed by atoms with van der Waals surface area (Å²) in [6.07, 6.45) is 9.39. The molecular formula is C23H31FN2O3S. The number of carbonyl (C=O) groups is 1. The van der Waals surface area contributed by atoms with E-state index in [1.165, 1.54) is 47.8 Å². The maximum atomic E-state index is 13.3. The molecule has 30 heavy (non-hydrogen) atoms. The lowest BCUT2D eigenvalue weighted by atomic mass is 9.49. The quantitative estimate of drug-likeness (QED) is 0.768. The van der Waals surface area contributed by atoms with E-state index in [4.69, 9.17) is 0 Å². The summed E-state index contributed by atoms with van der Waals surface area (Å²) in [5.74, 6) is 1.80. The van der Waals surface area contributed by atoms with Gasteiger partial charge in [0.05, 0.1) is 4.90 Å². The molecular weight excluding hydrogens is 403 g/mol. The summed E-state index contributed by atoms with van der Waals surface area (Å²) in [4.78, 5) is 13.4. The van der Waals surface area contributed by atoms with Gasteiger partial charge in [-0.15, -0.1) is 0 Å². The molecule has 1 aliphatic heterocycles. The van der Waals surface area contributed by atoms with Crippen LogP contribution in [0.5, 0.6) is 0 Å². The van der Waals surface area contributed by atoms with Crippen molar-refractivity contribution in [3.8, 4) is 0 Å². The molecule has 1 saturated heterocycles. The summed E-state index contributed by atoms with van der Waals surface area (Å²) in [6, 6.07) is 4.77. The maximum Gasteiger partial charge on any atom is 0.243 e. The number of sulfonamides is 1. The van der Waals surface area contributed by atoms with E-state index < -0.39 is 15.8 Å². The van der Waals surface area contributed by atoms with Crippen molar-refractivity contribution < 1.29 is 17.6 Å². The zero-order valence-electron chi connectivity index (χ0n) is 17.4. The van der Waals surface area contributed by atoms with E-state index in [1.54, 1.807) is 0 Å². The first-order valence-corrected chi connectivity index (χ1v) is 12.9. The van der Waals surface area contributed by atoms with Crippen LogP contribution in [0.15, 0.2) is 29.2 Å². The van der Waals surface area contributed by atoms with Crippen molar-refractivity contribution >= 4 is 15.9 Å². The molecule has 1 heterocycles. The van der Waals surface area contributed by atoms with Crippen molar-refractivity contribution in [2.45, 2.75) is 68.7 Å². The summed E-state index contributed by atoms with van der Waals surface area (Å²) >= 11 is 0. The Balaban J connectivity index is 1.29. The van der Waals surface area contributed by atoms with Gasteiger partial charge < -0.3 is 5.32 Å². The van der Waals surface area contributed by atoms with Crippen LogP contribution in [0.2, 0.25) is 0 Å².